The highest BCUT2D eigenvalue weighted by Crippen LogP contribution is 2.20. The first-order chi connectivity index (χ1) is 11.1. The normalized spacial score (nSPS) is 12.4. The molecule has 0 spiro atoms. The summed E-state index contributed by atoms with van der Waals surface area (Å²) >= 11 is 1.82. The van der Waals surface area contributed by atoms with Crippen molar-refractivity contribution in [1.82, 2.24) is 10.6 Å². The van der Waals surface area contributed by atoms with Gasteiger partial charge >= 0.3 is 0 Å². The average molecular weight is 342 g/mol. The predicted octanol–water partition coefficient (Wildman–Crippen LogP) is 2.78. The van der Waals surface area contributed by atoms with Gasteiger partial charge in [0.05, 0.1) is 6.26 Å². The second kappa shape index (κ2) is 11.4. The summed E-state index contributed by atoms with van der Waals surface area (Å²) < 4.78 is 10.5. The van der Waals surface area contributed by atoms with E-state index in [1.165, 1.54) is 0 Å². The summed E-state index contributed by atoms with van der Waals surface area (Å²) in [6.45, 7) is 7.69. The summed E-state index contributed by atoms with van der Waals surface area (Å²) in [6, 6.07) is 3.91. The number of hydrogen-bond donors (Lipinski definition) is 2. The van der Waals surface area contributed by atoms with Gasteiger partial charge in [-0.05, 0) is 30.2 Å². The third-order valence-corrected chi connectivity index (χ3v) is 4.10. The number of methoxy groups -OCH3 is 1. The third-order valence-electron chi connectivity index (χ3n) is 3.49. The van der Waals surface area contributed by atoms with Gasteiger partial charge in [-0.25, -0.2) is 0 Å². The van der Waals surface area contributed by atoms with Gasteiger partial charge in [-0.3, -0.25) is 4.99 Å². The first-order valence-electron chi connectivity index (χ1n) is 8.10. The maximum atomic E-state index is 5.35. The van der Waals surface area contributed by atoms with Crippen LogP contribution in [-0.2, 0) is 11.2 Å². The average Bonchev–Trinajstić information content (AvgIpc) is 3.04. The summed E-state index contributed by atoms with van der Waals surface area (Å²) in [4.78, 5) is 4.74. The van der Waals surface area contributed by atoms with Gasteiger partial charge in [-0.2, -0.15) is 11.8 Å². The van der Waals surface area contributed by atoms with Gasteiger partial charge in [0, 0.05) is 45.5 Å². The molecule has 2 N–H and O–H groups in total. The number of hydrogen-bond acceptors (Lipinski definition) is 4. The zero-order valence-corrected chi connectivity index (χ0v) is 15.7. The van der Waals surface area contributed by atoms with Crippen LogP contribution in [0.15, 0.2) is 27.8 Å². The number of guanidine groups is 1. The molecule has 6 heteroatoms. The van der Waals surface area contributed by atoms with Crippen LogP contribution in [0.2, 0.25) is 0 Å². The van der Waals surface area contributed by atoms with E-state index >= 15 is 0 Å². The summed E-state index contributed by atoms with van der Waals surface area (Å²) in [6.07, 6.45) is 5.66. The molecular formula is C17H31N3O2S. The Bertz CT molecular complexity index is 433. The van der Waals surface area contributed by atoms with Gasteiger partial charge in [-0.1, -0.05) is 13.8 Å². The molecule has 0 aromatic carbocycles. The van der Waals surface area contributed by atoms with Crippen molar-refractivity contribution in [3.63, 3.8) is 0 Å². The van der Waals surface area contributed by atoms with Crippen molar-refractivity contribution in [1.29, 1.82) is 0 Å². The first kappa shape index (κ1) is 19.9. The van der Waals surface area contributed by atoms with Crippen LogP contribution in [0.4, 0.5) is 0 Å². The second-order valence-electron chi connectivity index (χ2n) is 6.25. The minimum atomic E-state index is 0.130. The number of aliphatic imine (C=N–C) groups is 1. The van der Waals surface area contributed by atoms with Crippen molar-refractivity contribution in [3.05, 3.63) is 24.2 Å². The number of thioether (sulfide) groups is 1. The zero-order valence-electron chi connectivity index (χ0n) is 14.9. The molecule has 0 radical (unpaired) electrons. The smallest absolute Gasteiger partial charge is 0.191 e. The molecule has 1 heterocycles. The van der Waals surface area contributed by atoms with Crippen LogP contribution in [0.3, 0.4) is 0 Å². The summed E-state index contributed by atoms with van der Waals surface area (Å²) in [7, 11) is 1.74. The lowest BCUT2D eigenvalue weighted by atomic mass is 9.90. The zero-order chi connectivity index (χ0) is 17.0. The number of nitrogens with one attached hydrogen (secondary N) is 2. The van der Waals surface area contributed by atoms with Crippen molar-refractivity contribution >= 4 is 17.7 Å². The van der Waals surface area contributed by atoms with Crippen LogP contribution in [-0.4, -0.2) is 51.3 Å². The molecule has 23 heavy (non-hydrogen) atoms. The maximum Gasteiger partial charge on any atom is 0.191 e. The predicted molar refractivity (Wildman–Crippen MR) is 99.4 cm³/mol. The third kappa shape index (κ3) is 9.56. The fraction of sp³-hybridized carbons (Fsp3) is 0.706. The Hall–Kier alpha value is -1.14. The summed E-state index contributed by atoms with van der Waals surface area (Å²) in [5, 5.41) is 6.77. The first-order valence-corrected chi connectivity index (χ1v) is 9.49. The molecule has 0 atom stereocenters. The molecular weight excluding hydrogens is 310 g/mol. The molecule has 0 saturated heterocycles. The van der Waals surface area contributed by atoms with E-state index in [9.17, 15) is 0 Å². The van der Waals surface area contributed by atoms with Crippen molar-refractivity contribution < 1.29 is 9.15 Å². The highest BCUT2D eigenvalue weighted by Gasteiger charge is 2.17. The van der Waals surface area contributed by atoms with E-state index < -0.39 is 0 Å². The van der Waals surface area contributed by atoms with E-state index in [1.807, 2.05) is 23.9 Å². The monoisotopic (exact) mass is 341 g/mol. The number of furan rings is 1. The number of rotatable bonds is 11. The van der Waals surface area contributed by atoms with E-state index in [0.717, 1.165) is 56.6 Å². The van der Waals surface area contributed by atoms with Gasteiger partial charge in [-0.15, -0.1) is 0 Å². The molecule has 0 saturated carbocycles. The van der Waals surface area contributed by atoms with E-state index in [0.29, 0.717) is 0 Å². The van der Waals surface area contributed by atoms with Crippen LogP contribution in [0.1, 0.15) is 26.0 Å². The standard InChI is InChI=1S/C17H31N3O2S/c1-17(2,8-12-21-3)14-20-16(19-10-13-23-4)18-9-7-15-6-5-11-22-15/h5-6,11H,7-10,12-14H2,1-4H3,(H2,18,19,20). The van der Waals surface area contributed by atoms with Gasteiger partial charge in [0.15, 0.2) is 5.96 Å². The topological polar surface area (TPSA) is 58.8 Å². The van der Waals surface area contributed by atoms with E-state index in [2.05, 4.69) is 30.7 Å². The molecule has 1 rings (SSSR count). The minimum Gasteiger partial charge on any atom is -0.469 e. The number of nitrogens with zero attached hydrogens (tertiary/aromatic N) is 1. The summed E-state index contributed by atoms with van der Waals surface area (Å²) in [5.41, 5.74) is 0.130. The van der Waals surface area contributed by atoms with Gasteiger partial charge < -0.3 is 19.8 Å². The molecule has 0 aliphatic rings. The van der Waals surface area contributed by atoms with E-state index in [1.54, 1.807) is 13.4 Å². The van der Waals surface area contributed by atoms with Crippen LogP contribution in [0.5, 0.6) is 0 Å². The fourth-order valence-electron chi connectivity index (χ4n) is 1.96. The molecule has 0 aliphatic carbocycles. The van der Waals surface area contributed by atoms with Crippen LogP contribution in [0.25, 0.3) is 0 Å². The Morgan fingerprint density at radius 3 is 2.78 bits per heavy atom. The SMILES string of the molecule is COCCC(C)(C)CN=C(NCCSC)NCCc1ccco1. The van der Waals surface area contributed by atoms with Gasteiger partial charge in [0.25, 0.3) is 0 Å². The molecule has 0 bridgehead atoms. The largest absolute Gasteiger partial charge is 0.469 e. The Kier molecular flexibility index (Phi) is 9.87. The summed E-state index contributed by atoms with van der Waals surface area (Å²) in [5.74, 6) is 2.92. The molecule has 0 unspecified atom stereocenters. The van der Waals surface area contributed by atoms with Crippen molar-refractivity contribution in [2.45, 2.75) is 26.7 Å². The van der Waals surface area contributed by atoms with E-state index in [-0.39, 0.29) is 5.41 Å². The maximum absolute atomic E-state index is 5.35. The number of ether oxygens (including phenoxy) is 1. The van der Waals surface area contributed by atoms with Crippen LogP contribution >= 0.6 is 11.8 Å². The molecule has 0 aliphatic heterocycles. The lowest BCUT2D eigenvalue weighted by Crippen LogP contribution is -2.40. The molecule has 1 aromatic heterocycles. The Labute approximate surface area is 144 Å². The van der Waals surface area contributed by atoms with Crippen molar-refractivity contribution in [3.8, 4) is 0 Å². The lowest BCUT2D eigenvalue weighted by Gasteiger charge is -2.22. The minimum absolute atomic E-state index is 0.130. The Morgan fingerprint density at radius 1 is 1.35 bits per heavy atom. The molecule has 0 fully saturated rings. The van der Waals surface area contributed by atoms with Crippen molar-refractivity contribution in [2.24, 2.45) is 10.4 Å². The fourth-order valence-corrected chi connectivity index (χ4v) is 2.26. The van der Waals surface area contributed by atoms with E-state index in [4.69, 9.17) is 14.1 Å². The lowest BCUT2D eigenvalue weighted by molar-refractivity contribution is 0.155. The Morgan fingerprint density at radius 2 is 2.13 bits per heavy atom. The van der Waals surface area contributed by atoms with Crippen molar-refractivity contribution in [2.75, 3.05) is 45.4 Å². The second-order valence-corrected chi connectivity index (χ2v) is 7.23. The molecule has 132 valence electrons. The molecule has 1 aromatic rings. The highest BCUT2D eigenvalue weighted by molar-refractivity contribution is 7.98. The Balaban J connectivity index is 2.46. The van der Waals surface area contributed by atoms with Crippen LogP contribution < -0.4 is 10.6 Å². The quantitative estimate of drug-likeness (QED) is 0.368. The van der Waals surface area contributed by atoms with Gasteiger partial charge in [0.1, 0.15) is 5.76 Å². The molecule has 0 amide bonds. The van der Waals surface area contributed by atoms with Gasteiger partial charge in [0.2, 0.25) is 0 Å². The van der Waals surface area contributed by atoms with Crippen LogP contribution in [0, 0.1) is 5.41 Å². The molecule has 5 nitrogen and oxygen atoms in total. The highest BCUT2D eigenvalue weighted by atomic mass is 32.2.